The Morgan fingerprint density at radius 1 is 1.22 bits per heavy atom. The SMILES string of the molecule is CN(Cc1ccccn1)C(=O)[C@@H]1C[C@]12CCN(S(=O)(=O)c1ccccc1)C2. The number of aromatic nitrogens is 1. The summed E-state index contributed by atoms with van der Waals surface area (Å²) >= 11 is 0. The van der Waals surface area contributed by atoms with Crippen molar-refractivity contribution in [1.29, 1.82) is 0 Å². The summed E-state index contributed by atoms with van der Waals surface area (Å²) in [6.07, 6.45) is 3.22. The average molecular weight is 385 g/mol. The minimum absolute atomic E-state index is 0.0830. The molecule has 142 valence electrons. The molecule has 0 unspecified atom stereocenters. The fraction of sp³-hybridized carbons (Fsp3) is 0.400. The molecule has 2 heterocycles. The van der Waals surface area contributed by atoms with E-state index >= 15 is 0 Å². The molecule has 2 aliphatic rings. The number of carbonyl (C=O) groups is 1. The van der Waals surface area contributed by atoms with Crippen LogP contribution in [0.3, 0.4) is 0 Å². The van der Waals surface area contributed by atoms with E-state index in [-0.39, 0.29) is 17.2 Å². The van der Waals surface area contributed by atoms with Crippen molar-refractivity contribution in [2.24, 2.45) is 11.3 Å². The lowest BCUT2D eigenvalue weighted by Crippen LogP contribution is -2.32. The summed E-state index contributed by atoms with van der Waals surface area (Å²) in [5.74, 6) is -0.0122. The number of rotatable bonds is 5. The summed E-state index contributed by atoms with van der Waals surface area (Å²) in [5.41, 5.74) is 0.653. The van der Waals surface area contributed by atoms with Crippen molar-refractivity contribution >= 4 is 15.9 Å². The van der Waals surface area contributed by atoms with Crippen LogP contribution in [0.5, 0.6) is 0 Å². The number of pyridine rings is 1. The summed E-state index contributed by atoms with van der Waals surface area (Å²) in [4.78, 5) is 19.1. The van der Waals surface area contributed by atoms with E-state index in [4.69, 9.17) is 0 Å². The number of carbonyl (C=O) groups excluding carboxylic acids is 1. The highest BCUT2D eigenvalue weighted by atomic mass is 32.2. The normalized spacial score (nSPS) is 24.9. The zero-order valence-electron chi connectivity index (χ0n) is 15.3. The Labute approximate surface area is 159 Å². The summed E-state index contributed by atoms with van der Waals surface area (Å²) in [5, 5.41) is 0. The lowest BCUT2D eigenvalue weighted by Gasteiger charge is -2.19. The Morgan fingerprint density at radius 2 is 1.96 bits per heavy atom. The van der Waals surface area contributed by atoms with Crippen LogP contribution in [0.15, 0.2) is 59.6 Å². The summed E-state index contributed by atoms with van der Waals surface area (Å²) in [7, 11) is -1.70. The fourth-order valence-corrected chi connectivity index (χ4v) is 5.59. The molecule has 6 nitrogen and oxygen atoms in total. The van der Waals surface area contributed by atoms with E-state index in [1.807, 2.05) is 18.2 Å². The Bertz CT molecular complexity index is 933. The van der Waals surface area contributed by atoms with Crippen LogP contribution in [0.4, 0.5) is 0 Å². The van der Waals surface area contributed by atoms with Crippen LogP contribution in [-0.2, 0) is 21.4 Å². The molecule has 1 aliphatic carbocycles. The Kier molecular flexibility index (Phi) is 4.52. The highest BCUT2D eigenvalue weighted by Gasteiger charge is 2.62. The maximum absolute atomic E-state index is 12.8. The first-order valence-corrected chi connectivity index (χ1v) is 10.6. The van der Waals surface area contributed by atoms with Gasteiger partial charge in [0.2, 0.25) is 15.9 Å². The third-order valence-corrected chi connectivity index (χ3v) is 7.58. The second-order valence-electron chi connectivity index (χ2n) is 7.54. The van der Waals surface area contributed by atoms with Crippen LogP contribution in [0.2, 0.25) is 0 Å². The summed E-state index contributed by atoms with van der Waals surface area (Å²) < 4.78 is 27.2. The minimum Gasteiger partial charge on any atom is -0.340 e. The van der Waals surface area contributed by atoms with Gasteiger partial charge in [0.15, 0.2) is 0 Å². The predicted molar refractivity (Wildman–Crippen MR) is 101 cm³/mol. The molecule has 1 spiro atoms. The zero-order chi connectivity index (χ0) is 19.1. The monoisotopic (exact) mass is 385 g/mol. The first-order valence-electron chi connectivity index (χ1n) is 9.12. The lowest BCUT2D eigenvalue weighted by atomic mass is 10.0. The van der Waals surface area contributed by atoms with Gasteiger partial charge in [-0.2, -0.15) is 4.31 Å². The van der Waals surface area contributed by atoms with Crippen molar-refractivity contribution in [2.45, 2.75) is 24.3 Å². The van der Waals surface area contributed by atoms with Crippen LogP contribution >= 0.6 is 0 Å². The maximum atomic E-state index is 12.8. The number of hydrogen-bond donors (Lipinski definition) is 0. The molecular formula is C20H23N3O3S. The molecule has 2 fully saturated rings. The third kappa shape index (κ3) is 3.37. The second kappa shape index (κ2) is 6.73. The number of benzene rings is 1. The van der Waals surface area contributed by atoms with E-state index in [2.05, 4.69) is 4.98 Å². The van der Waals surface area contributed by atoms with E-state index in [1.165, 1.54) is 4.31 Å². The predicted octanol–water partition coefficient (Wildman–Crippen LogP) is 2.14. The first kappa shape index (κ1) is 18.1. The van der Waals surface area contributed by atoms with Crippen LogP contribution in [-0.4, -0.2) is 48.7 Å². The van der Waals surface area contributed by atoms with Crippen molar-refractivity contribution in [3.05, 3.63) is 60.4 Å². The molecule has 2 aromatic rings. The summed E-state index contributed by atoms with van der Waals surface area (Å²) in [6.45, 7) is 1.38. The van der Waals surface area contributed by atoms with Gasteiger partial charge in [0.05, 0.1) is 17.1 Å². The topological polar surface area (TPSA) is 70.6 Å². The van der Waals surface area contributed by atoms with Crippen molar-refractivity contribution in [1.82, 2.24) is 14.2 Å². The minimum atomic E-state index is -3.49. The third-order valence-electron chi connectivity index (χ3n) is 5.72. The van der Waals surface area contributed by atoms with Gasteiger partial charge in [-0.1, -0.05) is 24.3 Å². The number of hydrogen-bond acceptors (Lipinski definition) is 4. The van der Waals surface area contributed by atoms with Crippen molar-refractivity contribution in [3.63, 3.8) is 0 Å². The highest BCUT2D eigenvalue weighted by molar-refractivity contribution is 7.89. The maximum Gasteiger partial charge on any atom is 0.243 e. The molecule has 1 amide bonds. The first-order chi connectivity index (χ1) is 12.9. The van der Waals surface area contributed by atoms with Gasteiger partial charge in [-0.15, -0.1) is 0 Å². The highest BCUT2D eigenvalue weighted by Crippen LogP contribution is 2.59. The van der Waals surface area contributed by atoms with E-state index in [1.54, 1.807) is 48.5 Å². The molecule has 1 aromatic heterocycles. The molecule has 0 N–H and O–H groups in total. The number of sulfonamides is 1. The molecular weight excluding hydrogens is 362 g/mol. The van der Waals surface area contributed by atoms with Crippen LogP contribution in [0.25, 0.3) is 0 Å². The van der Waals surface area contributed by atoms with Crippen molar-refractivity contribution in [2.75, 3.05) is 20.1 Å². The van der Waals surface area contributed by atoms with Gasteiger partial charge < -0.3 is 4.90 Å². The smallest absolute Gasteiger partial charge is 0.243 e. The molecule has 7 heteroatoms. The van der Waals surface area contributed by atoms with Crippen molar-refractivity contribution in [3.8, 4) is 0 Å². The van der Waals surface area contributed by atoms with E-state index in [0.29, 0.717) is 24.5 Å². The molecule has 0 bridgehead atoms. The van der Waals surface area contributed by atoms with Gasteiger partial charge in [-0.05, 0) is 42.5 Å². The summed E-state index contributed by atoms with van der Waals surface area (Å²) in [6, 6.07) is 14.2. The van der Waals surface area contributed by atoms with Gasteiger partial charge in [-0.3, -0.25) is 9.78 Å². The van der Waals surface area contributed by atoms with E-state index in [9.17, 15) is 13.2 Å². The number of amides is 1. The molecule has 1 aliphatic heterocycles. The van der Waals surface area contributed by atoms with Gasteiger partial charge in [0.25, 0.3) is 0 Å². The molecule has 1 saturated carbocycles. The van der Waals surface area contributed by atoms with Crippen molar-refractivity contribution < 1.29 is 13.2 Å². The Hall–Kier alpha value is -2.25. The van der Waals surface area contributed by atoms with Gasteiger partial charge in [0.1, 0.15) is 0 Å². The van der Waals surface area contributed by atoms with Gasteiger partial charge >= 0.3 is 0 Å². The fourth-order valence-electron chi connectivity index (χ4n) is 4.03. The lowest BCUT2D eigenvalue weighted by molar-refractivity contribution is -0.132. The van der Waals surface area contributed by atoms with Crippen LogP contribution in [0, 0.1) is 11.3 Å². The Morgan fingerprint density at radius 3 is 2.67 bits per heavy atom. The Balaban J connectivity index is 1.41. The molecule has 2 atom stereocenters. The van der Waals surface area contributed by atoms with Crippen LogP contribution in [0.1, 0.15) is 18.5 Å². The van der Waals surface area contributed by atoms with Crippen LogP contribution < -0.4 is 0 Å². The quantitative estimate of drug-likeness (QED) is 0.791. The molecule has 4 rings (SSSR count). The number of nitrogens with zero attached hydrogens (tertiary/aromatic N) is 3. The van der Waals surface area contributed by atoms with E-state index in [0.717, 1.165) is 18.5 Å². The largest absolute Gasteiger partial charge is 0.340 e. The standard InChI is InChI=1S/C20H23N3O3S/c1-22(14-16-7-5-6-11-21-16)19(24)18-13-20(18)10-12-23(15-20)27(25,26)17-8-3-2-4-9-17/h2-9,11,18H,10,12-15H2,1H3/t18-,20-/m0/s1. The average Bonchev–Trinajstić information content (AvgIpc) is 3.20. The van der Waals surface area contributed by atoms with E-state index < -0.39 is 10.0 Å². The molecule has 27 heavy (non-hydrogen) atoms. The molecule has 1 aromatic carbocycles. The molecule has 0 radical (unpaired) electrons. The zero-order valence-corrected chi connectivity index (χ0v) is 16.1. The second-order valence-corrected chi connectivity index (χ2v) is 9.47. The van der Waals surface area contributed by atoms with Gasteiger partial charge in [-0.25, -0.2) is 8.42 Å². The van der Waals surface area contributed by atoms with Gasteiger partial charge in [0, 0.05) is 32.3 Å². The molecule has 1 saturated heterocycles.